The van der Waals surface area contributed by atoms with Gasteiger partial charge in [-0.3, -0.25) is 14.4 Å². The summed E-state index contributed by atoms with van der Waals surface area (Å²) in [5, 5.41) is 2.79. The van der Waals surface area contributed by atoms with Gasteiger partial charge in [0.2, 0.25) is 0 Å². The molecule has 0 unspecified atom stereocenters. The number of esters is 1. The lowest BCUT2D eigenvalue weighted by molar-refractivity contribution is -0.147. The summed E-state index contributed by atoms with van der Waals surface area (Å²) in [7, 11) is 0. The molecule has 0 aromatic heterocycles. The van der Waals surface area contributed by atoms with E-state index < -0.39 is 11.9 Å². The average Bonchev–Trinajstić information content (AvgIpc) is 3.15. The summed E-state index contributed by atoms with van der Waals surface area (Å²) >= 11 is 0. The molecule has 2 aromatic carbocycles. The van der Waals surface area contributed by atoms with Crippen LogP contribution < -0.4 is 5.32 Å². The van der Waals surface area contributed by atoms with Crippen LogP contribution in [0, 0.1) is 20.8 Å². The van der Waals surface area contributed by atoms with Crippen LogP contribution in [-0.2, 0) is 27.2 Å². The zero-order valence-corrected chi connectivity index (χ0v) is 17.3. The SMILES string of the molecule is Cc1cc(C)c(NC(=O)COC(=O)CCC(=O)c2ccc3c(c2)CCC3)c(C)c1. The highest BCUT2D eigenvalue weighted by molar-refractivity contribution is 5.98. The van der Waals surface area contributed by atoms with E-state index in [1.807, 2.05) is 51.1 Å². The van der Waals surface area contributed by atoms with Gasteiger partial charge in [0.05, 0.1) is 6.42 Å². The Kier molecular flexibility index (Phi) is 6.47. The predicted molar refractivity (Wildman–Crippen MR) is 112 cm³/mol. The molecule has 29 heavy (non-hydrogen) atoms. The first-order chi connectivity index (χ1) is 13.8. The highest BCUT2D eigenvalue weighted by Crippen LogP contribution is 2.24. The molecule has 0 saturated heterocycles. The second kappa shape index (κ2) is 9.03. The van der Waals surface area contributed by atoms with Crippen molar-refractivity contribution >= 4 is 23.3 Å². The summed E-state index contributed by atoms with van der Waals surface area (Å²) in [6.45, 7) is 5.48. The number of hydrogen-bond donors (Lipinski definition) is 1. The van der Waals surface area contributed by atoms with Crippen molar-refractivity contribution in [2.24, 2.45) is 0 Å². The molecule has 0 heterocycles. The van der Waals surface area contributed by atoms with Crippen LogP contribution in [0.4, 0.5) is 5.69 Å². The van der Waals surface area contributed by atoms with Gasteiger partial charge in [-0.25, -0.2) is 0 Å². The van der Waals surface area contributed by atoms with E-state index in [1.165, 1.54) is 11.1 Å². The number of amides is 1. The maximum absolute atomic E-state index is 12.3. The Bertz CT molecular complexity index is 938. The minimum absolute atomic E-state index is 0.0359. The van der Waals surface area contributed by atoms with Gasteiger partial charge in [0, 0.05) is 17.7 Å². The second-order valence-corrected chi connectivity index (χ2v) is 7.74. The summed E-state index contributed by atoms with van der Waals surface area (Å²) in [5.74, 6) is -1.02. The van der Waals surface area contributed by atoms with Crippen LogP contribution >= 0.6 is 0 Å². The first-order valence-electron chi connectivity index (χ1n) is 10.0. The van der Waals surface area contributed by atoms with Crippen LogP contribution in [0.15, 0.2) is 30.3 Å². The van der Waals surface area contributed by atoms with Crippen LogP contribution in [0.2, 0.25) is 0 Å². The Labute approximate surface area is 171 Å². The van der Waals surface area contributed by atoms with Crippen LogP contribution in [0.3, 0.4) is 0 Å². The standard InChI is InChI=1S/C24H27NO4/c1-15-11-16(2)24(17(3)12-15)25-22(27)14-29-23(28)10-9-21(26)20-8-7-18-5-4-6-19(18)13-20/h7-8,11-13H,4-6,9-10,14H2,1-3H3,(H,25,27). The van der Waals surface area contributed by atoms with Crippen LogP contribution in [0.25, 0.3) is 0 Å². The lowest BCUT2D eigenvalue weighted by Crippen LogP contribution is -2.22. The minimum atomic E-state index is -0.549. The monoisotopic (exact) mass is 393 g/mol. The summed E-state index contributed by atoms with van der Waals surface area (Å²) < 4.78 is 5.04. The van der Waals surface area contributed by atoms with Crippen molar-refractivity contribution in [1.29, 1.82) is 0 Å². The van der Waals surface area contributed by atoms with E-state index in [2.05, 4.69) is 5.32 Å². The third kappa shape index (κ3) is 5.31. The Morgan fingerprint density at radius 2 is 1.62 bits per heavy atom. The fraction of sp³-hybridized carbons (Fsp3) is 0.375. The molecule has 1 N–H and O–H groups in total. The van der Waals surface area contributed by atoms with E-state index in [1.54, 1.807) is 0 Å². The van der Waals surface area contributed by atoms with E-state index in [0.717, 1.165) is 41.6 Å². The zero-order valence-electron chi connectivity index (χ0n) is 17.3. The molecule has 1 aliphatic carbocycles. The number of carbonyl (C=O) groups is 3. The van der Waals surface area contributed by atoms with Crippen molar-refractivity contribution in [2.45, 2.75) is 52.9 Å². The van der Waals surface area contributed by atoms with E-state index >= 15 is 0 Å². The van der Waals surface area contributed by atoms with Gasteiger partial charge < -0.3 is 10.1 Å². The third-order valence-corrected chi connectivity index (χ3v) is 5.28. The van der Waals surface area contributed by atoms with Gasteiger partial charge in [-0.1, -0.05) is 29.8 Å². The van der Waals surface area contributed by atoms with Crippen molar-refractivity contribution in [2.75, 3.05) is 11.9 Å². The molecule has 3 rings (SSSR count). The number of ketones is 1. The normalized spacial score (nSPS) is 12.4. The number of rotatable bonds is 7. The molecular formula is C24H27NO4. The van der Waals surface area contributed by atoms with E-state index in [-0.39, 0.29) is 25.2 Å². The van der Waals surface area contributed by atoms with Crippen molar-refractivity contribution in [3.05, 3.63) is 63.7 Å². The van der Waals surface area contributed by atoms with E-state index in [0.29, 0.717) is 5.56 Å². The van der Waals surface area contributed by atoms with Gasteiger partial charge >= 0.3 is 5.97 Å². The molecule has 0 radical (unpaired) electrons. The average molecular weight is 393 g/mol. The third-order valence-electron chi connectivity index (χ3n) is 5.28. The van der Waals surface area contributed by atoms with Crippen molar-refractivity contribution < 1.29 is 19.1 Å². The Morgan fingerprint density at radius 1 is 0.931 bits per heavy atom. The number of benzene rings is 2. The van der Waals surface area contributed by atoms with Gasteiger partial charge in [-0.2, -0.15) is 0 Å². The molecule has 1 aliphatic rings. The molecule has 5 heteroatoms. The Balaban J connectivity index is 1.45. The van der Waals surface area contributed by atoms with Gasteiger partial charge in [0.1, 0.15) is 0 Å². The molecule has 5 nitrogen and oxygen atoms in total. The Hall–Kier alpha value is -2.95. The molecule has 1 amide bonds. The summed E-state index contributed by atoms with van der Waals surface area (Å²) in [5.41, 5.74) is 6.97. The largest absolute Gasteiger partial charge is 0.456 e. The maximum atomic E-state index is 12.3. The van der Waals surface area contributed by atoms with Gasteiger partial charge in [0.25, 0.3) is 5.91 Å². The van der Waals surface area contributed by atoms with Crippen molar-refractivity contribution in [3.63, 3.8) is 0 Å². The molecule has 0 fully saturated rings. The van der Waals surface area contributed by atoms with E-state index in [4.69, 9.17) is 4.74 Å². The molecule has 2 aromatic rings. The molecule has 0 atom stereocenters. The number of carbonyl (C=O) groups excluding carboxylic acids is 3. The summed E-state index contributed by atoms with van der Waals surface area (Å²) in [4.78, 5) is 36.4. The molecule has 0 aliphatic heterocycles. The maximum Gasteiger partial charge on any atom is 0.306 e. The molecule has 0 saturated carbocycles. The smallest absolute Gasteiger partial charge is 0.306 e. The topological polar surface area (TPSA) is 72.5 Å². The highest BCUT2D eigenvalue weighted by atomic mass is 16.5. The number of hydrogen-bond acceptors (Lipinski definition) is 4. The quantitative estimate of drug-likeness (QED) is 0.564. The summed E-state index contributed by atoms with van der Waals surface area (Å²) in [6.07, 6.45) is 3.25. The predicted octanol–water partition coefficient (Wildman–Crippen LogP) is 4.25. The minimum Gasteiger partial charge on any atom is -0.456 e. The van der Waals surface area contributed by atoms with Crippen LogP contribution in [0.5, 0.6) is 0 Å². The number of aryl methyl sites for hydroxylation is 5. The van der Waals surface area contributed by atoms with E-state index in [9.17, 15) is 14.4 Å². The number of nitrogens with one attached hydrogen (secondary N) is 1. The fourth-order valence-electron chi connectivity index (χ4n) is 3.88. The first kappa shape index (κ1) is 20.8. The molecule has 0 spiro atoms. The van der Waals surface area contributed by atoms with Crippen molar-refractivity contribution in [1.82, 2.24) is 0 Å². The lowest BCUT2D eigenvalue weighted by atomic mass is 10.0. The van der Waals surface area contributed by atoms with Gasteiger partial charge in [0.15, 0.2) is 12.4 Å². The molecular weight excluding hydrogens is 366 g/mol. The zero-order chi connectivity index (χ0) is 21.0. The van der Waals surface area contributed by atoms with Crippen LogP contribution in [0.1, 0.15) is 57.4 Å². The number of Topliss-reactive ketones (excluding diaryl/α,β-unsaturated/α-hetero) is 1. The van der Waals surface area contributed by atoms with Crippen LogP contribution in [-0.4, -0.2) is 24.3 Å². The summed E-state index contributed by atoms with van der Waals surface area (Å²) in [6, 6.07) is 9.75. The fourth-order valence-corrected chi connectivity index (χ4v) is 3.88. The van der Waals surface area contributed by atoms with Crippen molar-refractivity contribution in [3.8, 4) is 0 Å². The first-order valence-corrected chi connectivity index (χ1v) is 10.0. The number of ether oxygens (including phenoxy) is 1. The number of anilines is 1. The van der Waals surface area contributed by atoms with Gasteiger partial charge in [-0.05, 0) is 68.4 Å². The Morgan fingerprint density at radius 3 is 2.34 bits per heavy atom. The number of fused-ring (bicyclic) bond motifs is 1. The molecule has 152 valence electrons. The highest BCUT2D eigenvalue weighted by Gasteiger charge is 2.16. The molecule has 0 bridgehead atoms. The second-order valence-electron chi connectivity index (χ2n) is 7.74. The lowest BCUT2D eigenvalue weighted by Gasteiger charge is -2.13. The van der Waals surface area contributed by atoms with Gasteiger partial charge in [-0.15, -0.1) is 0 Å².